The molecule has 0 unspecified atom stereocenters. The predicted molar refractivity (Wildman–Crippen MR) is 175 cm³/mol. The van der Waals surface area contributed by atoms with E-state index in [0.717, 1.165) is 0 Å². The molecule has 1 aliphatic rings. The number of hydrogen-bond acceptors (Lipinski definition) is 13. The maximum absolute atomic E-state index is 14.1. The molecule has 50 heavy (non-hydrogen) atoms. The Balaban J connectivity index is 1.45. The molecule has 4 aromatic rings. The second-order valence-corrected chi connectivity index (χ2v) is 12.3. The highest BCUT2D eigenvalue weighted by molar-refractivity contribution is 7.48. The number of cyclic esters (lactones) is 1. The van der Waals surface area contributed by atoms with Gasteiger partial charge in [0.2, 0.25) is 5.76 Å². The van der Waals surface area contributed by atoms with Gasteiger partial charge in [-0.15, -0.1) is 0 Å². The third-order valence-corrected chi connectivity index (χ3v) is 8.70. The number of phosphoric acid groups is 1. The molecule has 0 saturated heterocycles. The zero-order chi connectivity index (χ0) is 35.5. The molecule has 0 spiro atoms. The van der Waals surface area contributed by atoms with Crippen LogP contribution < -0.4 is 0 Å². The summed E-state index contributed by atoms with van der Waals surface area (Å²) in [6.07, 6.45) is -3.26. The fraction of sp³-hybridized carbons (Fsp3) is 0.206. The van der Waals surface area contributed by atoms with E-state index < -0.39 is 61.4 Å². The normalized spacial score (nSPS) is 15.0. The van der Waals surface area contributed by atoms with Gasteiger partial charge in [-0.2, -0.15) is 0 Å². The molecule has 0 amide bonds. The van der Waals surface area contributed by atoms with Crippen LogP contribution in [0.25, 0.3) is 0 Å². The Labute approximate surface area is 285 Å². The number of nitro groups is 2. The van der Waals surface area contributed by atoms with Crippen LogP contribution in [0.3, 0.4) is 0 Å². The summed E-state index contributed by atoms with van der Waals surface area (Å²) in [5.41, 5.74) is 0.938. The van der Waals surface area contributed by atoms with Gasteiger partial charge in [-0.3, -0.25) is 33.8 Å². The van der Waals surface area contributed by atoms with Crippen LogP contribution in [0, 0.1) is 20.2 Å². The van der Waals surface area contributed by atoms with Crippen LogP contribution in [0.1, 0.15) is 22.3 Å². The van der Waals surface area contributed by atoms with Crippen molar-refractivity contribution in [3.05, 3.63) is 163 Å². The maximum Gasteiger partial charge on any atom is 0.475 e. The first kappa shape index (κ1) is 35.9. The van der Waals surface area contributed by atoms with Crippen molar-refractivity contribution in [2.75, 3.05) is 6.61 Å². The van der Waals surface area contributed by atoms with Crippen molar-refractivity contribution in [3.63, 3.8) is 0 Å². The number of hydrogen-bond donors (Lipinski definition) is 1. The van der Waals surface area contributed by atoms with Gasteiger partial charge in [-0.25, -0.2) is 9.36 Å². The van der Waals surface area contributed by atoms with Gasteiger partial charge in [-0.05, 0) is 23.3 Å². The summed E-state index contributed by atoms with van der Waals surface area (Å²) in [5.74, 6) is -2.01. The first-order chi connectivity index (χ1) is 24.2. The van der Waals surface area contributed by atoms with Crippen molar-refractivity contribution in [1.29, 1.82) is 0 Å². The summed E-state index contributed by atoms with van der Waals surface area (Å²) < 4.78 is 48.3. The van der Waals surface area contributed by atoms with Crippen molar-refractivity contribution in [1.82, 2.24) is 0 Å². The second kappa shape index (κ2) is 16.8. The first-order valence-corrected chi connectivity index (χ1v) is 16.5. The van der Waals surface area contributed by atoms with Crippen LogP contribution in [-0.2, 0) is 63.6 Å². The molecule has 0 radical (unpaired) electrons. The van der Waals surface area contributed by atoms with Crippen LogP contribution >= 0.6 is 7.82 Å². The summed E-state index contributed by atoms with van der Waals surface area (Å²) in [6.45, 7) is -2.27. The van der Waals surface area contributed by atoms with Gasteiger partial charge in [0.05, 0.1) is 40.8 Å². The lowest BCUT2D eigenvalue weighted by Gasteiger charge is -2.27. The van der Waals surface area contributed by atoms with Crippen molar-refractivity contribution in [2.45, 2.75) is 38.6 Å². The van der Waals surface area contributed by atoms with E-state index in [1.165, 1.54) is 36.4 Å². The minimum Gasteiger partial charge on any atom is -0.485 e. The lowest BCUT2D eigenvalue weighted by molar-refractivity contribution is -0.386. The van der Waals surface area contributed by atoms with Gasteiger partial charge in [0.25, 0.3) is 11.4 Å². The molecule has 0 bridgehead atoms. The summed E-state index contributed by atoms with van der Waals surface area (Å²) in [4.78, 5) is 35.2. The minimum atomic E-state index is -4.55. The Kier molecular flexibility index (Phi) is 12.0. The quantitative estimate of drug-likeness (QED) is 0.0525. The number of carbonyl (C=O) groups is 1. The zero-order valence-electron chi connectivity index (χ0n) is 26.3. The lowest BCUT2D eigenvalue weighted by Crippen LogP contribution is -2.35. The van der Waals surface area contributed by atoms with E-state index in [-0.39, 0.29) is 41.5 Å². The Morgan fingerprint density at radius 2 is 1.16 bits per heavy atom. The predicted octanol–water partition coefficient (Wildman–Crippen LogP) is 6.29. The highest BCUT2D eigenvalue weighted by atomic mass is 31.2. The summed E-state index contributed by atoms with van der Waals surface area (Å²) in [7, 11) is -4.55. The van der Waals surface area contributed by atoms with Crippen LogP contribution in [0.2, 0.25) is 0 Å². The average molecular weight is 707 g/mol. The lowest BCUT2D eigenvalue weighted by atomic mass is 10.1. The number of aliphatic hydroxyl groups is 1. The Bertz CT molecular complexity index is 1840. The Hall–Kier alpha value is -5.44. The van der Waals surface area contributed by atoms with Crippen LogP contribution in [0.5, 0.6) is 0 Å². The third-order valence-electron chi connectivity index (χ3n) is 7.28. The first-order valence-electron chi connectivity index (χ1n) is 15.1. The fourth-order valence-corrected chi connectivity index (χ4v) is 6.13. The highest BCUT2D eigenvalue weighted by Gasteiger charge is 2.46. The van der Waals surface area contributed by atoms with Crippen molar-refractivity contribution >= 4 is 25.2 Å². The number of carbonyl (C=O) groups excluding carboxylic acids is 1. The number of nitrogens with zero attached hydrogens (tertiary/aromatic N) is 2. The average Bonchev–Trinajstić information content (AvgIpc) is 3.45. The second-order valence-electron chi connectivity index (χ2n) is 10.7. The number of nitro benzene ring substituents is 2. The molecule has 0 aliphatic carbocycles. The smallest absolute Gasteiger partial charge is 0.475 e. The topological polar surface area (TPSA) is 196 Å². The van der Waals surface area contributed by atoms with Crippen molar-refractivity contribution in [3.8, 4) is 0 Å². The summed E-state index contributed by atoms with van der Waals surface area (Å²) >= 11 is 0. The molecule has 0 saturated carbocycles. The molecule has 1 N–H and O–H groups in total. The number of rotatable bonds is 18. The molecule has 4 aromatic carbocycles. The number of benzene rings is 4. The van der Waals surface area contributed by atoms with E-state index in [2.05, 4.69) is 0 Å². The van der Waals surface area contributed by atoms with Crippen LogP contribution in [0.15, 0.2) is 121 Å². The minimum absolute atomic E-state index is 0.113. The molecule has 1 heterocycles. The number of ether oxygens (including phenoxy) is 3. The van der Waals surface area contributed by atoms with E-state index in [0.29, 0.717) is 11.1 Å². The molecule has 15 nitrogen and oxygen atoms in total. The van der Waals surface area contributed by atoms with Gasteiger partial charge >= 0.3 is 13.8 Å². The molecular formula is C34H31N2O13P. The van der Waals surface area contributed by atoms with E-state index in [4.69, 9.17) is 27.8 Å². The number of esters is 1. The number of para-hydroxylation sites is 2. The molecule has 0 aromatic heterocycles. The standard InChI is InChI=1S/C34H31N2O13P/c37-19-30(49-50(43,46-20-24-11-3-1-4-12-24)47-21-25-13-5-2-6-14-25)31-32(44-22-26-15-7-9-17-28(26)35(39)40)33(34(38)48-31)45-23-27-16-8-10-18-29(27)36(41)42/h1-18,30-31,37H,19-23H2/t30-,31+/m0/s1. The van der Waals surface area contributed by atoms with Crippen molar-refractivity contribution < 1.29 is 52.1 Å². The molecule has 2 atom stereocenters. The molecule has 5 rings (SSSR count). The van der Waals surface area contributed by atoms with E-state index in [9.17, 15) is 34.7 Å². The van der Waals surface area contributed by atoms with E-state index in [1.54, 1.807) is 72.8 Å². The van der Waals surface area contributed by atoms with Crippen LogP contribution in [-0.4, -0.2) is 39.7 Å². The van der Waals surface area contributed by atoms with Crippen LogP contribution in [0.4, 0.5) is 11.4 Å². The molecular weight excluding hydrogens is 675 g/mol. The fourth-order valence-electron chi connectivity index (χ4n) is 4.81. The van der Waals surface area contributed by atoms with Gasteiger partial charge in [0, 0.05) is 12.1 Å². The summed E-state index contributed by atoms with van der Waals surface area (Å²) in [6, 6.07) is 28.9. The van der Waals surface area contributed by atoms with E-state index in [1.807, 2.05) is 0 Å². The molecule has 0 fully saturated rings. The Morgan fingerprint density at radius 1 is 0.700 bits per heavy atom. The monoisotopic (exact) mass is 706 g/mol. The Morgan fingerprint density at radius 3 is 1.64 bits per heavy atom. The molecule has 1 aliphatic heterocycles. The van der Waals surface area contributed by atoms with Gasteiger partial charge < -0.3 is 19.3 Å². The summed E-state index contributed by atoms with van der Waals surface area (Å²) in [5, 5.41) is 33.7. The molecule has 260 valence electrons. The number of aliphatic hydroxyl groups excluding tert-OH is 1. The highest BCUT2D eigenvalue weighted by Crippen LogP contribution is 2.53. The van der Waals surface area contributed by atoms with E-state index >= 15 is 0 Å². The SMILES string of the molecule is O=C1O[C@H]([C@H](CO)OP(=O)(OCc2ccccc2)OCc2ccccc2)C(OCc2ccccc2[N+](=O)[O-])=C1OCc1ccccc1[N+](=O)[O-]. The van der Waals surface area contributed by atoms with Crippen molar-refractivity contribution in [2.24, 2.45) is 0 Å². The zero-order valence-corrected chi connectivity index (χ0v) is 27.2. The maximum atomic E-state index is 14.1. The molecule has 16 heteroatoms. The van der Waals surface area contributed by atoms with Gasteiger partial charge in [0.1, 0.15) is 19.3 Å². The van der Waals surface area contributed by atoms with Gasteiger partial charge in [0.15, 0.2) is 11.9 Å². The largest absolute Gasteiger partial charge is 0.485 e. The third kappa shape index (κ3) is 9.16. The van der Waals surface area contributed by atoms with Gasteiger partial charge in [-0.1, -0.05) is 84.9 Å². The number of phosphoric ester groups is 1.